The number of para-hydroxylation sites is 2. The lowest BCUT2D eigenvalue weighted by Gasteiger charge is -1.98. The van der Waals surface area contributed by atoms with Gasteiger partial charge in [-0.05, 0) is 18.2 Å². The maximum Gasteiger partial charge on any atom is 0.250 e. The number of hydrogen-bond donors (Lipinski definition) is 1. The van der Waals surface area contributed by atoms with E-state index in [0.717, 1.165) is 22.4 Å². The van der Waals surface area contributed by atoms with E-state index in [2.05, 4.69) is 9.97 Å². The molecule has 0 unspecified atom stereocenters. The number of imidazole rings is 1. The Hall–Kier alpha value is -2.36. The molecule has 0 saturated heterocycles. The number of fused-ring (bicyclic) bond motifs is 1. The van der Waals surface area contributed by atoms with Crippen molar-refractivity contribution in [2.45, 2.75) is 0 Å². The molecule has 2 aromatic heterocycles. The van der Waals surface area contributed by atoms with Crippen LogP contribution in [0.15, 0.2) is 47.4 Å². The van der Waals surface area contributed by atoms with Crippen LogP contribution in [0.5, 0.6) is 0 Å². The Morgan fingerprint density at radius 1 is 1.24 bits per heavy atom. The maximum atomic E-state index is 11.5. The van der Waals surface area contributed by atoms with E-state index in [4.69, 9.17) is 0 Å². The number of hydrogen-bond acceptors (Lipinski definition) is 2. The lowest BCUT2D eigenvalue weighted by atomic mass is 10.2. The summed E-state index contributed by atoms with van der Waals surface area (Å²) in [5, 5.41) is 0. The molecular weight excluding hydrogens is 214 g/mol. The Labute approximate surface area is 97.6 Å². The topological polar surface area (TPSA) is 50.7 Å². The van der Waals surface area contributed by atoms with E-state index < -0.39 is 0 Å². The second-order valence-electron chi connectivity index (χ2n) is 3.97. The highest BCUT2D eigenvalue weighted by atomic mass is 16.1. The molecule has 4 heteroatoms. The zero-order valence-corrected chi connectivity index (χ0v) is 9.34. The van der Waals surface area contributed by atoms with Crippen LogP contribution in [0.4, 0.5) is 0 Å². The third kappa shape index (κ3) is 1.63. The number of rotatable bonds is 1. The van der Waals surface area contributed by atoms with Crippen molar-refractivity contribution in [1.82, 2.24) is 14.5 Å². The summed E-state index contributed by atoms with van der Waals surface area (Å²) in [6, 6.07) is 11.3. The highest BCUT2D eigenvalue weighted by Crippen LogP contribution is 2.18. The zero-order valence-electron chi connectivity index (χ0n) is 9.34. The molecule has 1 N–H and O–H groups in total. The van der Waals surface area contributed by atoms with Crippen LogP contribution in [-0.4, -0.2) is 14.5 Å². The number of benzene rings is 1. The molecule has 3 aromatic rings. The fourth-order valence-corrected chi connectivity index (χ4v) is 1.79. The van der Waals surface area contributed by atoms with Gasteiger partial charge in [-0.2, -0.15) is 0 Å². The van der Waals surface area contributed by atoms with Crippen LogP contribution < -0.4 is 5.56 Å². The van der Waals surface area contributed by atoms with Crippen LogP contribution in [-0.2, 0) is 7.05 Å². The molecule has 0 radical (unpaired) electrons. The van der Waals surface area contributed by atoms with E-state index in [0.29, 0.717) is 0 Å². The molecule has 0 aliphatic rings. The average molecular weight is 225 g/mol. The highest BCUT2D eigenvalue weighted by Gasteiger charge is 2.05. The molecule has 1 aromatic carbocycles. The van der Waals surface area contributed by atoms with E-state index in [9.17, 15) is 4.79 Å². The molecule has 0 spiro atoms. The standard InChI is InChI=1S/C13H11N3O/c1-16-7-6-9(8-12(16)17)13-14-10-4-2-3-5-11(10)15-13/h2-8H,1H3,(H,14,15). The first-order valence-electron chi connectivity index (χ1n) is 5.36. The van der Waals surface area contributed by atoms with Gasteiger partial charge in [-0.25, -0.2) is 4.98 Å². The molecular formula is C13H11N3O. The first-order valence-corrected chi connectivity index (χ1v) is 5.36. The molecule has 0 atom stereocenters. The van der Waals surface area contributed by atoms with Crippen LogP contribution >= 0.6 is 0 Å². The number of pyridine rings is 1. The second kappa shape index (κ2) is 3.59. The molecule has 0 aliphatic carbocycles. The molecule has 0 amide bonds. The van der Waals surface area contributed by atoms with E-state index in [1.807, 2.05) is 30.3 Å². The second-order valence-corrected chi connectivity index (χ2v) is 3.97. The zero-order chi connectivity index (χ0) is 11.8. The lowest BCUT2D eigenvalue weighted by Crippen LogP contribution is -2.14. The largest absolute Gasteiger partial charge is 0.338 e. The van der Waals surface area contributed by atoms with Crippen LogP contribution in [0.1, 0.15) is 0 Å². The van der Waals surface area contributed by atoms with E-state index >= 15 is 0 Å². The summed E-state index contributed by atoms with van der Waals surface area (Å²) in [6.07, 6.45) is 1.74. The molecule has 4 nitrogen and oxygen atoms in total. The predicted octanol–water partition coefficient (Wildman–Crippen LogP) is 1.93. The molecule has 3 rings (SSSR count). The normalized spacial score (nSPS) is 10.9. The summed E-state index contributed by atoms with van der Waals surface area (Å²) >= 11 is 0. The van der Waals surface area contributed by atoms with Crippen LogP contribution in [0.3, 0.4) is 0 Å². The van der Waals surface area contributed by atoms with Crippen LogP contribution in [0.2, 0.25) is 0 Å². The minimum Gasteiger partial charge on any atom is -0.338 e. The number of nitrogens with one attached hydrogen (secondary N) is 1. The molecule has 17 heavy (non-hydrogen) atoms. The van der Waals surface area contributed by atoms with Gasteiger partial charge in [0.05, 0.1) is 11.0 Å². The number of aromatic amines is 1. The Kier molecular flexibility index (Phi) is 2.08. The fourth-order valence-electron chi connectivity index (χ4n) is 1.79. The fraction of sp³-hybridized carbons (Fsp3) is 0.0769. The Morgan fingerprint density at radius 3 is 2.82 bits per heavy atom. The molecule has 0 saturated carbocycles. The van der Waals surface area contributed by atoms with Crippen LogP contribution in [0.25, 0.3) is 22.4 Å². The lowest BCUT2D eigenvalue weighted by molar-refractivity contribution is 0.860. The first-order chi connectivity index (χ1) is 8.24. The average Bonchev–Trinajstić information content (AvgIpc) is 2.76. The van der Waals surface area contributed by atoms with Crippen molar-refractivity contribution in [3.05, 3.63) is 52.9 Å². The van der Waals surface area contributed by atoms with E-state index in [1.54, 1.807) is 19.3 Å². The Balaban J connectivity index is 2.20. The van der Waals surface area contributed by atoms with Gasteiger partial charge in [-0.3, -0.25) is 4.79 Å². The van der Waals surface area contributed by atoms with E-state index in [-0.39, 0.29) is 5.56 Å². The predicted molar refractivity (Wildman–Crippen MR) is 66.8 cm³/mol. The van der Waals surface area contributed by atoms with Crippen molar-refractivity contribution >= 4 is 11.0 Å². The van der Waals surface area contributed by atoms with Gasteiger partial charge in [0.2, 0.25) is 0 Å². The maximum absolute atomic E-state index is 11.5. The van der Waals surface area contributed by atoms with Gasteiger partial charge in [0.15, 0.2) is 0 Å². The number of H-pyrrole nitrogens is 1. The van der Waals surface area contributed by atoms with Crippen molar-refractivity contribution < 1.29 is 0 Å². The van der Waals surface area contributed by atoms with Gasteiger partial charge < -0.3 is 9.55 Å². The molecule has 0 bridgehead atoms. The molecule has 0 aliphatic heterocycles. The summed E-state index contributed by atoms with van der Waals surface area (Å²) in [4.78, 5) is 19.2. The minimum absolute atomic E-state index is 0.0389. The third-order valence-electron chi connectivity index (χ3n) is 2.77. The van der Waals surface area contributed by atoms with Gasteiger partial charge in [0.1, 0.15) is 5.82 Å². The molecule has 84 valence electrons. The van der Waals surface area contributed by atoms with Crippen molar-refractivity contribution in [1.29, 1.82) is 0 Å². The SMILES string of the molecule is Cn1ccc(-c2nc3ccccc3[nH]2)cc1=O. The number of aromatic nitrogens is 3. The van der Waals surface area contributed by atoms with Crippen molar-refractivity contribution in [2.24, 2.45) is 7.05 Å². The quantitative estimate of drug-likeness (QED) is 0.688. The molecule has 0 fully saturated rings. The Morgan fingerprint density at radius 2 is 2.06 bits per heavy atom. The summed E-state index contributed by atoms with van der Waals surface area (Å²) in [5.41, 5.74) is 2.65. The van der Waals surface area contributed by atoms with Crippen molar-refractivity contribution in [3.63, 3.8) is 0 Å². The van der Waals surface area contributed by atoms with Gasteiger partial charge in [0, 0.05) is 24.9 Å². The van der Waals surface area contributed by atoms with Gasteiger partial charge >= 0.3 is 0 Å². The summed E-state index contributed by atoms with van der Waals surface area (Å²) < 4.78 is 1.53. The van der Waals surface area contributed by atoms with Gasteiger partial charge in [-0.1, -0.05) is 12.1 Å². The first kappa shape index (κ1) is 9.84. The smallest absolute Gasteiger partial charge is 0.250 e. The third-order valence-corrected chi connectivity index (χ3v) is 2.77. The minimum atomic E-state index is -0.0389. The van der Waals surface area contributed by atoms with Crippen molar-refractivity contribution in [3.8, 4) is 11.4 Å². The van der Waals surface area contributed by atoms with Gasteiger partial charge in [0.25, 0.3) is 5.56 Å². The number of aryl methyl sites for hydroxylation is 1. The van der Waals surface area contributed by atoms with Crippen molar-refractivity contribution in [2.75, 3.05) is 0 Å². The number of nitrogens with zero attached hydrogens (tertiary/aromatic N) is 2. The van der Waals surface area contributed by atoms with Gasteiger partial charge in [-0.15, -0.1) is 0 Å². The Bertz CT molecular complexity index is 707. The monoisotopic (exact) mass is 225 g/mol. The van der Waals surface area contributed by atoms with Crippen LogP contribution in [0, 0.1) is 0 Å². The summed E-state index contributed by atoms with van der Waals surface area (Å²) in [5.74, 6) is 0.726. The molecule has 2 heterocycles. The van der Waals surface area contributed by atoms with E-state index in [1.165, 1.54) is 4.57 Å². The highest BCUT2D eigenvalue weighted by molar-refractivity contribution is 5.79. The summed E-state index contributed by atoms with van der Waals surface area (Å²) in [6.45, 7) is 0. The summed E-state index contributed by atoms with van der Waals surface area (Å²) in [7, 11) is 1.73.